The second-order valence-corrected chi connectivity index (χ2v) is 7.19. The number of nitrogens with one attached hydrogen (secondary N) is 1. The van der Waals surface area contributed by atoms with E-state index in [1.165, 1.54) is 25.1 Å². The molecule has 0 aliphatic heterocycles. The van der Waals surface area contributed by atoms with Crippen molar-refractivity contribution in [3.8, 4) is 0 Å². The highest BCUT2D eigenvalue weighted by molar-refractivity contribution is 4.92. The Kier molecular flexibility index (Phi) is 5.19. The molecule has 1 aromatic rings. The van der Waals surface area contributed by atoms with Crippen LogP contribution in [0.25, 0.3) is 0 Å². The van der Waals surface area contributed by atoms with Crippen LogP contribution in [0.4, 0.5) is 0 Å². The zero-order valence-corrected chi connectivity index (χ0v) is 13.5. The third kappa shape index (κ3) is 4.30. The van der Waals surface area contributed by atoms with Gasteiger partial charge in [-0.3, -0.25) is 4.68 Å². The topological polar surface area (TPSA) is 42.7 Å². The van der Waals surface area contributed by atoms with E-state index in [2.05, 4.69) is 47.8 Å². The van der Waals surface area contributed by atoms with E-state index in [4.69, 9.17) is 0 Å². The highest BCUT2D eigenvalue weighted by Gasteiger charge is 2.29. The van der Waals surface area contributed by atoms with Crippen molar-refractivity contribution in [3.05, 3.63) is 12.2 Å². The standard InChI is InChI=1S/C16H30N4/c1-5-9-20-15(17-12-19-20)10-13-7-6-8-14(13)11-18-16(2,3)4/h12-14,18H,5-11H2,1-4H3. The van der Waals surface area contributed by atoms with E-state index >= 15 is 0 Å². The maximum absolute atomic E-state index is 4.47. The Bertz CT molecular complexity index is 405. The first kappa shape index (κ1) is 15.5. The summed E-state index contributed by atoms with van der Waals surface area (Å²) >= 11 is 0. The van der Waals surface area contributed by atoms with Crippen molar-refractivity contribution in [2.75, 3.05) is 6.54 Å². The highest BCUT2D eigenvalue weighted by Crippen LogP contribution is 2.33. The molecule has 0 aromatic carbocycles. The molecule has 2 atom stereocenters. The average molecular weight is 278 g/mol. The smallest absolute Gasteiger partial charge is 0.138 e. The van der Waals surface area contributed by atoms with Crippen LogP contribution >= 0.6 is 0 Å². The van der Waals surface area contributed by atoms with Gasteiger partial charge in [-0.15, -0.1) is 0 Å². The number of aromatic nitrogens is 3. The number of nitrogens with zero attached hydrogens (tertiary/aromatic N) is 3. The van der Waals surface area contributed by atoms with Crippen molar-refractivity contribution < 1.29 is 0 Å². The normalized spacial score (nSPS) is 23.4. The van der Waals surface area contributed by atoms with Crippen molar-refractivity contribution in [1.29, 1.82) is 0 Å². The lowest BCUT2D eigenvalue weighted by Crippen LogP contribution is -2.40. The molecule has 1 saturated carbocycles. The largest absolute Gasteiger partial charge is 0.312 e. The minimum absolute atomic E-state index is 0.218. The van der Waals surface area contributed by atoms with E-state index in [-0.39, 0.29) is 5.54 Å². The summed E-state index contributed by atoms with van der Waals surface area (Å²) in [4.78, 5) is 4.47. The van der Waals surface area contributed by atoms with Gasteiger partial charge in [0, 0.05) is 18.5 Å². The van der Waals surface area contributed by atoms with Crippen molar-refractivity contribution >= 4 is 0 Å². The van der Waals surface area contributed by atoms with Gasteiger partial charge in [0.2, 0.25) is 0 Å². The van der Waals surface area contributed by atoms with Gasteiger partial charge in [-0.25, -0.2) is 4.98 Å². The summed E-state index contributed by atoms with van der Waals surface area (Å²) in [5.41, 5.74) is 0.218. The molecule has 114 valence electrons. The maximum atomic E-state index is 4.47. The van der Waals surface area contributed by atoms with E-state index in [0.717, 1.165) is 37.8 Å². The second kappa shape index (κ2) is 6.70. The van der Waals surface area contributed by atoms with Crippen LogP contribution < -0.4 is 5.32 Å². The Labute approximate surface area is 123 Å². The van der Waals surface area contributed by atoms with E-state index in [1.807, 2.05) is 0 Å². The number of aryl methyl sites for hydroxylation is 1. The average Bonchev–Trinajstić information content (AvgIpc) is 2.97. The van der Waals surface area contributed by atoms with Crippen LogP contribution in [-0.4, -0.2) is 26.8 Å². The molecule has 1 aliphatic rings. The predicted octanol–water partition coefficient (Wildman–Crippen LogP) is 3.04. The summed E-state index contributed by atoms with van der Waals surface area (Å²) in [5.74, 6) is 2.74. The van der Waals surface area contributed by atoms with Crippen molar-refractivity contribution in [2.45, 2.75) is 71.9 Å². The molecule has 1 N–H and O–H groups in total. The predicted molar refractivity (Wildman–Crippen MR) is 82.6 cm³/mol. The van der Waals surface area contributed by atoms with Crippen LogP contribution in [0, 0.1) is 11.8 Å². The van der Waals surface area contributed by atoms with E-state index in [9.17, 15) is 0 Å². The maximum Gasteiger partial charge on any atom is 0.138 e. The monoisotopic (exact) mass is 278 g/mol. The van der Waals surface area contributed by atoms with E-state index < -0.39 is 0 Å². The molecule has 0 radical (unpaired) electrons. The summed E-state index contributed by atoms with van der Waals surface area (Å²) in [6.07, 6.45) is 7.99. The molecule has 2 rings (SSSR count). The summed E-state index contributed by atoms with van der Waals surface area (Å²) in [5, 5.41) is 8.02. The molecule has 4 heteroatoms. The molecule has 2 unspecified atom stereocenters. The quantitative estimate of drug-likeness (QED) is 0.869. The van der Waals surface area contributed by atoms with Crippen molar-refractivity contribution in [1.82, 2.24) is 20.1 Å². The third-order valence-electron chi connectivity index (χ3n) is 4.29. The van der Waals surface area contributed by atoms with Crippen LogP contribution in [0.2, 0.25) is 0 Å². The molecule has 0 saturated heterocycles. The van der Waals surface area contributed by atoms with Crippen LogP contribution in [-0.2, 0) is 13.0 Å². The zero-order valence-electron chi connectivity index (χ0n) is 13.5. The third-order valence-corrected chi connectivity index (χ3v) is 4.29. The second-order valence-electron chi connectivity index (χ2n) is 7.19. The van der Waals surface area contributed by atoms with Gasteiger partial charge in [-0.05, 0) is 58.4 Å². The Morgan fingerprint density at radius 1 is 1.30 bits per heavy atom. The molecular weight excluding hydrogens is 248 g/mol. The van der Waals surface area contributed by atoms with Crippen LogP contribution in [0.15, 0.2) is 6.33 Å². The Morgan fingerprint density at radius 2 is 2.05 bits per heavy atom. The van der Waals surface area contributed by atoms with E-state index in [0.29, 0.717) is 0 Å². The van der Waals surface area contributed by atoms with E-state index in [1.54, 1.807) is 6.33 Å². The Morgan fingerprint density at radius 3 is 2.75 bits per heavy atom. The fourth-order valence-corrected chi connectivity index (χ4v) is 3.17. The van der Waals surface area contributed by atoms with Crippen molar-refractivity contribution in [2.24, 2.45) is 11.8 Å². The molecule has 1 fully saturated rings. The fourth-order valence-electron chi connectivity index (χ4n) is 3.17. The molecule has 4 nitrogen and oxygen atoms in total. The molecule has 1 heterocycles. The van der Waals surface area contributed by atoms with Crippen LogP contribution in [0.1, 0.15) is 59.2 Å². The first-order valence-corrected chi connectivity index (χ1v) is 8.11. The minimum Gasteiger partial charge on any atom is -0.312 e. The minimum atomic E-state index is 0.218. The molecular formula is C16H30N4. The first-order valence-electron chi connectivity index (χ1n) is 8.11. The summed E-state index contributed by atoms with van der Waals surface area (Å²) < 4.78 is 2.09. The van der Waals surface area contributed by atoms with Crippen LogP contribution in [0.3, 0.4) is 0 Å². The lowest BCUT2D eigenvalue weighted by Gasteiger charge is -2.26. The van der Waals surface area contributed by atoms with Gasteiger partial charge in [0.25, 0.3) is 0 Å². The lowest BCUT2D eigenvalue weighted by atomic mass is 9.91. The van der Waals surface area contributed by atoms with Crippen LogP contribution in [0.5, 0.6) is 0 Å². The first-order chi connectivity index (χ1) is 9.49. The SMILES string of the molecule is CCCn1ncnc1CC1CCCC1CNC(C)(C)C. The van der Waals surface area contributed by atoms with Crippen molar-refractivity contribution in [3.63, 3.8) is 0 Å². The van der Waals surface area contributed by atoms with Gasteiger partial charge in [0.05, 0.1) is 0 Å². The lowest BCUT2D eigenvalue weighted by molar-refractivity contribution is 0.311. The molecule has 0 bridgehead atoms. The fraction of sp³-hybridized carbons (Fsp3) is 0.875. The van der Waals surface area contributed by atoms with Gasteiger partial charge in [0.15, 0.2) is 0 Å². The Hall–Kier alpha value is -0.900. The Balaban J connectivity index is 1.92. The molecule has 20 heavy (non-hydrogen) atoms. The molecule has 1 aromatic heterocycles. The number of hydrogen-bond acceptors (Lipinski definition) is 3. The highest BCUT2D eigenvalue weighted by atomic mass is 15.3. The zero-order chi connectivity index (χ0) is 14.6. The molecule has 0 spiro atoms. The van der Waals surface area contributed by atoms with Gasteiger partial charge < -0.3 is 5.32 Å². The van der Waals surface area contributed by atoms with Gasteiger partial charge in [0.1, 0.15) is 12.2 Å². The summed E-state index contributed by atoms with van der Waals surface area (Å²) in [7, 11) is 0. The van der Waals surface area contributed by atoms with Gasteiger partial charge >= 0.3 is 0 Å². The number of rotatable bonds is 6. The summed E-state index contributed by atoms with van der Waals surface area (Å²) in [6, 6.07) is 0. The number of hydrogen-bond donors (Lipinski definition) is 1. The molecule has 1 aliphatic carbocycles. The van der Waals surface area contributed by atoms with Gasteiger partial charge in [-0.1, -0.05) is 13.3 Å². The molecule has 0 amide bonds. The van der Waals surface area contributed by atoms with Gasteiger partial charge in [-0.2, -0.15) is 5.10 Å². The summed E-state index contributed by atoms with van der Waals surface area (Å²) in [6.45, 7) is 11.1.